The zero-order valence-corrected chi connectivity index (χ0v) is 16.0. The third-order valence-electron chi connectivity index (χ3n) is 4.32. The smallest absolute Gasteiger partial charge is 0.255 e. The molecule has 5 heteroatoms. The molecular weight excluding hydrogens is 354 g/mol. The fourth-order valence-corrected chi connectivity index (χ4v) is 2.83. The highest BCUT2D eigenvalue weighted by Gasteiger charge is 2.17. The first-order chi connectivity index (χ1) is 13.5. The molecule has 0 fully saturated rings. The first-order valence-corrected chi connectivity index (χ1v) is 8.76. The molecule has 0 saturated carbocycles. The Morgan fingerprint density at radius 1 is 0.786 bits per heavy atom. The molecule has 0 aromatic heterocycles. The molecule has 0 spiro atoms. The molecule has 0 unspecified atom stereocenters. The summed E-state index contributed by atoms with van der Waals surface area (Å²) in [5.41, 5.74) is 2.75. The van der Waals surface area contributed by atoms with E-state index < -0.39 is 0 Å². The first-order valence-electron chi connectivity index (χ1n) is 8.76. The number of ether oxygens (including phenoxy) is 2. The summed E-state index contributed by atoms with van der Waals surface area (Å²) in [5.74, 6) is 0.508. The number of carbonyl (C=O) groups is 2. The maximum absolute atomic E-state index is 12.9. The van der Waals surface area contributed by atoms with E-state index >= 15 is 0 Å². The van der Waals surface area contributed by atoms with Gasteiger partial charge in [-0.3, -0.25) is 9.59 Å². The normalized spacial score (nSPS) is 10.2. The van der Waals surface area contributed by atoms with Crippen molar-refractivity contribution in [3.8, 4) is 11.5 Å². The van der Waals surface area contributed by atoms with Crippen molar-refractivity contribution in [2.45, 2.75) is 6.92 Å². The van der Waals surface area contributed by atoms with Crippen LogP contribution in [0.1, 0.15) is 31.8 Å². The second-order valence-corrected chi connectivity index (χ2v) is 6.30. The predicted molar refractivity (Wildman–Crippen MR) is 109 cm³/mol. The quantitative estimate of drug-likeness (QED) is 0.645. The van der Waals surface area contributed by atoms with Crippen LogP contribution < -0.4 is 14.8 Å². The zero-order valence-electron chi connectivity index (χ0n) is 16.0. The molecule has 1 N–H and O–H groups in total. The molecule has 0 saturated heterocycles. The molecule has 3 rings (SSSR count). The molecule has 0 atom stereocenters. The number of ketones is 1. The molecule has 3 aromatic rings. The lowest BCUT2D eigenvalue weighted by Crippen LogP contribution is -2.15. The highest BCUT2D eigenvalue weighted by atomic mass is 16.5. The minimum Gasteiger partial charge on any atom is -0.497 e. The number of benzene rings is 3. The van der Waals surface area contributed by atoms with Crippen molar-refractivity contribution in [2.75, 3.05) is 19.5 Å². The maximum Gasteiger partial charge on any atom is 0.255 e. The largest absolute Gasteiger partial charge is 0.497 e. The van der Waals surface area contributed by atoms with Gasteiger partial charge in [0.15, 0.2) is 5.78 Å². The number of methoxy groups -OCH3 is 2. The topological polar surface area (TPSA) is 64.6 Å². The summed E-state index contributed by atoms with van der Waals surface area (Å²) in [6, 6.07) is 19.3. The minimum atomic E-state index is -0.358. The van der Waals surface area contributed by atoms with Crippen LogP contribution in [0.2, 0.25) is 0 Å². The maximum atomic E-state index is 12.9. The summed E-state index contributed by atoms with van der Waals surface area (Å²) < 4.78 is 10.4. The molecule has 0 heterocycles. The molecule has 0 bridgehead atoms. The number of carbonyl (C=O) groups excluding carboxylic acids is 2. The lowest BCUT2D eigenvalue weighted by molar-refractivity contribution is 0.102. The predicted octanol–water partition coefficient (Wildman–Crippen LogP) is 4.50. The van der Waals surface area contributed by atoms with Gasteiger partial charge in [0, 0.05) is 22.8 Å². The Bertz CT molecular complexity index is 990. The van der Waals surface area contributed by atoms with E-state index in [1.165, 1.54) is 14.2 Å². The van der Waals surface area contributed by atoms with E-state index in [4.69, 9.17) is 9.47 Å². The Morgan fingerprint density at radius 3 is 2.04 bits per heavy atom. The van der Waals surface area contributed by atoms with Gasteiger partial charge in [-0.1, -0.05) is 42.0 Å². The van der Waals surface area contributed by atoms with Crippen molar-refractivity contribution in [1.29, 1.82) is 0 Å². The van der Waals surface area contributed by atoms with Crippen molar-refractivity contribution in [2.24, 2.45) is 0 Å². The van der Waals surface area contributed by atoms with E-state index in [1.54, 1.807) is 42.5 Å². The standard InChI is InChI=1S/C23H21NO4/c1-15-9-10-21(20(11-15)22(25)16-7-5-4-6-8-16)24-23(26)17-12-18(27-2)14-19(13-17)28-3/h4-14H,1-3H3,(H,24,26). The van der Waals surface area contributed by atoms with Gasteiger partial charge in [0.1, 0.15) is 11.5 Å². The molecule has 28 heavy (non-hydrogen) atoms. The molecular formula is C23H21NO4. The van der Waals surface area contributed by atoms with Gasteiger partial charge in [-0.05, 0) is 31.2 Å². The van der Waals surface area contributed by atoms with Crippen LogP contribution >= 0.6 is 0 Å². The number of hydrogen-bond acceptors (Lipinski definition) is 4. The third kappa shape index (κ3) is 4.20. The van der Waals surface area contributed by atoms with Crippen LogP contribution in [-0.4, -0.2) is 25.9 Å². The van der Waals surface area contributed by atoms with Crippen molar-refractivity contribution in [3.05, 3.63) is 89.0 Å². The molecule has 1 amide bonds. The van der Waals surface area contributed by atoms with Gasteiger partial charge in [0.05, 0.1) is 19.9 Å². The van der Waals surface area contributed by atoms with Crippen LogP contribution in [0.5, 0.6) is 11.5 Å². The average molecular weight is 375 g/mol. The van der Waals surface area contributed by atoms with E-state index in [1.807, 2.05) is 31.2 Å². The summed E-state index contributed by atoms with van der Waals surface area (Å²) >= 11 is 0. The van der Waals surface area contributed by atoms with Crippen molar-refractivity contribution >= 4 is 17.4 Å². The third-order valence-corrected chi connectivity index (χ3v) is 4.32. The van der Waals surface area contributed by atoms with Gasteiger partial charge in [-0.15, -0.1) is 0 Å². The van der Waals surface area contributed by atoms with Gasteiger partial charge in [0.2, 0.25) is 0 Å². The summed E-state index contributed by atoms with van der Waals surface area (Å²) in [7, 11) is 3.04. The molecule has 0 aliphatic heterocycles. The summed E-state index contributed by atoms with van der Waals surface area (Å²) in [6.45, 7) is 1.90. The number of rotatable bonds is 6. The molecule has 5 nitrogen and oxygen atoms in total. The molecule has 0 aliphatic carbocycles. The number of anilines is 1. The monoisotopic (exact) mass is 375 g/mol. The molecule has 0 radical (unpaired) electrons. The molecule has 3 aromatic carbocycles. The summed E-state index contributed by atoms with van der Waals surface area (Å²) in [4.78, 5) is 25.8. The highest BCUT2D eigenvalue weighted by molar-refractivity contribution is 6.15. The number of nitrogens with one attached hydrogen (secondary N) is 1. The van der Waals surface area contributed by atoms with Gasteiger partial charge in [-0.2, -0.15) is 0 Å². The van der Waals surface area contributed by atoms with Crippen LogP contribution in [0.25, 0.3) is 0 Å². The van der Waals surface area contributed by atoms with Crippen molar-refractivity contribution in [1.82, 2.24) is 0 Å². The Hall–Kier alpha value is -3.60. The van der Waals surface area contributed by atoms with E-state index in [0.717, 1.165) is 5.56 Å². The van der Waals surface area contributed by atoms with Crippen molar-refractivity contribution in [3.63, 3.8) is 0 Å². The average Bonchev–Trinajstić information content (AvgIpc) is 2.74. The Kier molecular flexibility index (Phi) is 5.75. The van der Waals surface area contributed by atoms with E-state index in [9.17, 15) is 9.59 Å². The Balaban J connectivity index is 1.95. The second-order valence-electron chi connectivity index (χ2n) is 6.30. The van der Waals surface area contributed by atoms with E-state index in [0.29, 0.717) is 33.9 Å². The summed E-state index contributed by atoms with van der Waals surface area (Å²) in [5, 5.41) is 2.84. The fourth-order valence-electron chi connectivity index (χ4n) is 2.83. The van der Waals surface area contributed by atoms with Crippen molar-refractivity contribution < 1.29 is 19.1 Å². The molecule has 142 valence electrons. The van der Waals surface area contributed by atoms with E-state index in [2.05, 4.69) is 5.32 Å². The minimum absolute atomic E-state index is 0.150. The van der Waals surface area contributed by atoms with Gasteiger partial charge >= 0.3 is 0 Å². The van der Waals surface area contributed by atoms with Crippen LogP contribution in [0.15, 0.2) is 66.7 Å². The number of hydrogen-bond donors (Lipinski definition) is 1. The second kappa shape index (κ2) is 8.39. The van der Waals surface area contributed by atoms with Crippen LogP contribution in [-0.2, 0) is 0 Å². The van der Waals surface area contributed by atoms with Crippen LogP contribution in [0.4, 0.5) is 5.69 Å². The van der Waals surface area contributed by atoms with Crippen LogP contribution in [0, 0.1) is 6.92 Å². The SMILES string of the molecule is COc1cc(OC)cc(C(=O)Nc2ccc(C)cc2C(=O)c2ccccc2)c1. The first kappa shape index (κ1) is 19.2. The Labute approximate surface area is 163 Å². The summed E-state index contributed by atoms with van der Waals surface area (Å²) in [6.07, 6.45) is 0. The van der Waals surface area contributed by atoms with Crippen LogP contribution in [0.3, 0.4) is 0 Å². The number of amides is 1. The van der Waals surface area contributed by atoms with Gasteiger partial charge in [-0.25, -0.2) is 0 Å². The molecule has 0 aliphatic rings. The van der Waals surface area contributed by atoms with Gasteiger partial charge in [0.25, 0.3) is 5.91 Å². The highest BCUT2D eigenvalue weighted by Crippen LogP contribution is 2.25. The lowest BCUT2D eigenvalue weighted by Gasteiger charge is -2.13. The lowest BCUT2D eigenvalue weighted by atomic mass is 9.99. The van der Waals surface area contributed by atoms with E-state index in [-0.39, 0.29) is 11.7 Å². The Morgan fingerprint density at radius 2 is 1.43 bits per heavy atom. The zero-order chi connectivity index (χ0) is 20.1. The fraction of sp³-hybridized carbons (Fsp3) is 0.130. The van der Waals surface area contributed by atoms with Gasteiger partial charge < -0.3 is 14.8 Å². The number of aryl methyl sites for hydroxylation is 1.